The highest BCUT2D eigenvalue weighted by Gasteiger charge is 1.98. The van der Waals surface area contributed by atoms with Gasteiger partial charge >= 0.3 is 0 Å². The minimum Gasteiger partial charge on any atom is -0.456 e. The predicted molar refractivity (Wildman–Crippen MR) is 64.6 cm³/mol. The van der Waals surface area contributed by atoms with Crippen molar-refractivity contribution in [3.63, 3.8) is 0 Å². The Bertz CT molecular complexity index is 573. The lowest BCUT2D eigenvalue weighted by Gasteiger charge is -2.06. The van der Waals surface area contributed by atoms with Crippen LogP contribution in [0.15, 0.2) is 53.7 Å². The summed E-state index contributed by atoms with van der Waals surface area (Å²) in [6.45, 7) is 0. The van der Waals surface area contributed by atoms with Crippen molar-refractivity contribution in [2.45, 2.75) is 0 Å². The van der Waals surface area contributed by atoms with E-state index < -0.39 is 0 Å². The van der Waals surface area contributed by atoms with Gasteiger partial charge in [0, 0.05) is 7.05 Å². The van der Waals surface area contributed by atoms with Gasteiger partial charge in [0.05, 0.1) is 6.20 Å². The Labute approximate surface area is 98.8 Å². The van der Waals surface area contributed by atoms with Crippen LogP contribution in [0, 0.1) is 0 Å². The molecule has 0 aliphatic carbocycles. The molecule has 0 aliphatic rings. The second kappa shape index (κ2) is 5.12. The number of rotatable bonds is 3. The molecule has 4 nitrogen and oxygen atoms in total. The van der Waals surface area contributed by atoms with Gasteiger partial charge in [0.1, 0.15) is 17.0 Å². The first kappa shape index (κ1) is 11.1. The van der Waals surface area contributed by atoms with Crippen LogP contribution in [-0.2, 0) is 4.79 Å². The van der Waals surface area contributed by atoms with E-state index in [1.165, 1.54) is 4.57 Å². The van der Waals surface area contributed by atoms with E-state index in [2.05, 4.69) is 4.99 Å². The summed E-state index contributed by atoms with van der Waals surface area (Å²) in [6.07, 6.45) is 2.29. The molecule has 0 fully saturated rings. The summed E-state index contributed by atoms with van der Waals surface area (Å²) < 4.78 is 6.97. The van der Waals surface area contributed by atoms with Crippen LogP contribution >= 0.6 is 0 Å². The zero-order valence-electron chi connectivity index (χ0n) is 9.41. The first-order chi connectivity index (χ1) is 8.33. The maximum absolute atomic E-state index is 10.8. The molecule has 0 N–H and O–H groups in total. The average Bonchev–Trinajstić information content (AvgIpc) is 2.40. The van der Waals surface area contributed by atoms with Crippen molar-refractivity contribution in [2.75, 3.05) is 7.05 Å². The Balaban J connectivity index is 2.32. The molecule has 1 aromatic heterocycles. The van der Waals surface area contributed by atoms with Gasteiger partial charge in [0.25, 0.3) is 0 Å². The number of nitrogens with zero attached hydrogens (tertiary/aromatic N) is 2. The molecule has 0 saturated carbocycles. The molecule has 1 aromatic carbocycles. The molecule has 17 heavy (non-hydrogen) atoms. The predicted octanol–water partition coefficient (Wildman–Crippen LogP) is 1.85. The normalized spacial score (nSPS) is 11.2. The van der Waals surface area contributed by atoms with Gasteiger partial charge in [-0.15, -0.1) is 0 Å². The molecule has 2 rings (SSSR count). The van der Waals surface area contributed by atoms with Crippen molar-refractivity contribution in [1.29, 1.82) is 0 Å². The fraction of sp³-hybridized carbons (Fsp3) is 0.0769. The second-order valence-electron chi connectivity index (χ2n) is 3.37. The van der Waals surface area contributed by atoms with Gasteiger partial charge in [-0.25, -0.2) is 0 Å². The lowest BCUT2D eigenvalue weighted by molar-refractivity contribution is 0.476. The van der Waals surface area contributed by atoms with Crippen LogP contribution in [0.1, 0.15) is 0 Å². The third kappa shape index (κ3) is 2.60. The Morgan fingerprint density at radius 1 is 1.12 bits per heavy atom. The van der Waals surface area contributed by atoms with Crippen LogP contribution in [0.3, 0.4) is 0 Å². The Kier molecular flexibility index (Phi) is 3.35. The summed E-state index contributed by atoms with van der Waals surface area (Å²) in [5, 5.41) is 0. The SMILES string of the molecule is CN=c1ccc(Oc2ccccc2)cn1C=O. The van der Waals surface area contributed by atoms with Gasteiger partial charge in [0.2, 0.25) is 6.41 Å². The molecule has 0 radical (unpaired) electrons. The quantitative estimate of drug-likeness (QED) is 0.752. The molecule has 0 unspecified atom stereocenters. The molecule has 0 atom stereocenters. The smallest absolute Gasteiger partial charge is 0.219 e. The van der Waals surface area contributed by atoms with Crippen LogP contribution in [0.4, 0.5) is 0 Å². The highest BCUT2D eigenvalue weighted by Crippen LogP contribution is 2.18. The van der Waals surface area contributed by atoms with E-state index in [1.54, 1.807) is 25.4 Å². The number of pyridine rings is 1. The maximum atomic E-state index is 10.8. The summed E-state index contributed by atoms with van der Waals surface area (Å²) >= 11 is 0. The number of benzene rings is 1. The van der Waals surface area contributed by atoms with Crippen molar-refractivity contribution in [2.24, 2.45) is 4.99 Å². The van der Waals surface area contributed by atoms with E-state index in [4.69, 9.17) is 4.74 Å². The van der Waals surface area contributed by atoms with E-state index in [0.29, 0.717) is 17.6 Å². The summed E-state index contributed by atoms with van der Waals surface area (Å²) in [6, 6.07) is 12.9. The largest absolute Gasteiger partial charge is 0.456 e. The zero-order chi connectivity index (χ0) is 12.1. The standard InChI is InChI=1S/C13H12N2O2/c1-14-13-8-7-12(9-15(13)10-16)17-11-5-3-2-4-6-11/h2-10H,1H3. The maximum Gasteiger partial charge on any atom is 0.219 e. The summed E-state index contributed by atoms with van der Waals surface area (Å²) in [5.74, 6) is 1.32. The number of carbonyl (C=O) groups is 1. The van der Waals surface area contributed by atoms with Gasteiger partial charge in [-0.2, -0.15) is 0 Å². The molecule has 0 spiro atoms. The van der Waals surface area contributed by atoms with Crippen molar-refractivity contribution in [3.05, 3.63) is 54.1 Å². The minimum atomic E-state index is 0.584. The molecule has 0 aliphatic heterocycles. The molecule has 86 valence electrons. The van der Waals surface area contributed by atoms with E-state index in [1.807, 2.05) is 30.3 Å². The van der Waals surface area contributed by atoms with Gasteiger partial charge in [-0.05, 0) is 24.3 Å². The van der Waals surface area contributed by atoms with Crippen LogP contribution in [0.25, 0.3) is 0 Å². The lowest BCUT2D eigenvalue weighted by atomic mass is 10.3. The minimum absolute atomic E-state index is 0.584. The number of para-hydroxylation sites is 1. The Morgan fingerprint density at radius 3 is 2.53 bits per heavy atom. The van der Waals surface area contributed by atoms with Gasteiger partial charge in [0.15, 0.2) is 0 Å². The van der Waals surface area contributed by atoms with Crippen molar-refractivity contribution >= 4 is 6.41 Å². The molecule has 1 heterocycles. The lowest BCUT2D eigenvalue weighted by Crippen LogP contribution is -2.19. The fourth-order valence-electron chi connectivity index (χ4n) is 1.45. The number of carbonyl (C=O) groups excluding carboxylic acids is 1. The van der Waals surface area contributed by atoms with Crippen LogP contribution in [0.5, 0.6) is 11.5 Å². The summed E-state index contributed by atoms with van der Waals surface area (Å²) in [4.78, 5) is 14.8. The number of ether oxygens (including phenoxy) is 1. The number of hydrogen-bond donors (Lipinski definition) is 0. The molecule has 0 saturated heterocycles. The van der Waals surface area contributed by atoms with Gasteiger partial charge in [-0.1, -0.05) is 18.2 Å². The highest BCUT2D eigenvalue weighted by atomic mass is 16.5. The summed E-state index contributed by atoms with van der Waals surface area (Å²) in [7, 11) is 1.63. The van der Waals surface area contributed by atoms with E-state index in [0.717, 1.165) is 5.75 Å². The highest BCUT2D eigenvalue weighted by molar-refractivity contribution is 5.52. The van der Waals surface area contributed by atoms with E-state index >= 15 is 0 Å². The molecular formula is C13H12N2O2. The van der Waals surface area contributed by atoms with Crippen LogP contribution in [0.2, 0.25) is 0 Å². The van der Waals surface area contributed by atoms with E-state index in [9.17, 15) is 4.79 Å². The average molecular weight is 228 g/mol. The monoisotopic (exact) mass is 228 g/mol. The second-order valence-corrected chi connectivity index (χ2v) is 3.37. The third-order valence-corrected chi connectivity index (χ3v) is 2.25. The first-order valence-corrected chi connectivity index (χ1v) is 5.16. The summed E-state index contributed by atoms with van der Waals surface area (Å²) in [5.41, 5.74) is 0.584. The Morgan fingerprint density at radius 2 is 1.88 bits per heavy atom. The van der Waals surface area contributed by atoms with Crippen molar-refractivity contribution in [3.8, 4) is 11.5 Å². The van der Waals surface area contributed by atoms with Gasteiger partial charge < -0.3 is 4.74 Å². The molecule has 4 heteroatoms. The molecule has 0 bridgehead atoms. The number of aromatic nitrogens is 1. The van der Waals surface area contributed by atoms with E-state index in [-0.39, 0.29) is 0 Å². The third-order valence-electron chi connectivity index (χ3n) is 2.25. The number of hydrogen-bond acceptors (Lipinski definition) is 3. The van der Waals surface area contributed by atoms with Crippen LogP contribution < -0.4 is 10.2 Å². The first-order valence-electron chi connectivity index (χ1n) is 5.16. The topological polar surface area (TPSA) is 43.6 Å². The Hall–Kier alpha value is -2.36. The van der Waals surface area contributed by atoms with Gasteiger partial charge in [-0.3, -0.25) is 14.4 Å². The molecule has 2 aromatic rings. The molecular weight excluding hydrogens is 216 g/mol. The molecule has 0 amide bonds. The van der Waals surface area contributed by atoms with Crippen molar-refractivity contribution in [1.82, 2.24) is 4.57 Å². The van der Waals surface area contributed by atoms with Crippen molar-refractivity contribution < 1.29 is 9.53 Å². The fourth-order valence-corrected chi connectivity index (χ4v) is 1.45. The van der Waals surface area contributed by atoms with Crippen LogP contribution in [-0.4, -0.2) is 18.0 Å². The zero-order valence-corrected chi connectivity index (χ0v) is 9.41.